The van der Waals surface area contributed by atoms with E-state index in [1.54, 1.807) is 0 Å². The number of piperidine rings is 1. The zero-order chi connectivity index (χ0) is 16.2. The van der Waals surface area contributed by atoms with E-state index in [9.17, 15) is 9.59 Å². The minimum atomic E-state index is -0.133. The number of carbonyl (C=O) groups excluding carboxylic acids is 2. The number of nitrogens with one attached hydrogen (secondary N) is 1. The lowest BCUT2D eigenvalue weighted by Crippen LogP contribution is -2.35. The Morgan fingerprint density at radius 3 is 2.35 bits per heavy atom. The molecule has 2 aromatic rings. The van der Waals surface area contributed by atoms with Crippen molar-refractivity contribution in [2.45, 2.75) is 26.2 Å². The van der Waals surface area contributed by atoms with Crippen molar-refractivity contribution < 1.29 is 9.59 Å². The van der Waals surface area contributed by atoms with Crippen LogP contribution in [0.15, 0.2) is 48.5 Å². The van der Waals surface area contributed by atoms with Crippen LogP contribution in [-0.4, -0.2) is 18.4 Å². The molecule has 0 aromatic heterocycles. The van der Waals surface area contributed by atoms with Gasteiger partial charge in [0.25, 0.3) is 5.91 Å². The second-order valence-electron chi connectivity index (χ2n) is 5.87. The number of benzene rings is 2. The van der Waals surface area contributed by atoms with Gasteiger partial charge in [0.2, 0.25) is 5.91 Å². The van der Waals surface area contributed by atoms with Crippen molar-refractivity contribution >= 4 is 23.2 Å². The minimum absolute atomic E-state index is 0.133. The van der Waals surface area contributed by atoms with Gasteiger partial charge in [-0.1, -0.05) is 17.7 Å². The van der Waals surface area contributed by atoms with Crippen LogP contribution in [0.3, 0.4) is 0 Å². The molecule has 2 amide bonds. The molecule has 3 rings (SSSR count). The molecule has 1 heterocycles. The third kappa shape index (κ3) is 3.59. The van der Waals surface area contributed by atoms with Gasteiger partial charge in [-0.2, -0.15) is 0 Å². The van der Waals surface area contributed by atoms with Crippen molar-refractivity contribution in [2.75, 3.05) is 16.8 Å². The molecule has 0 bridgehead atoms. The second-order valence-corrected chi connectivity index (χ2v) is 5.87. The molecule has 0 saturated carbocycles. The molecule has 4 heteroatoms. The van der Waals surface area contributed by atoms with Gasteiger partial charge in [-0.3, -0.25) is 9.59 Å². The molecule has 4 nitrogen and oxygen atoms in total. The van der Waals surface area contributed by atoms with E-state index >= 15 is 0 Å². The molecule has 1 saturated heterocycles. The predicted molar refractivity (Wildman–Crippen MR) is 91.8 cm³/mol. The topological polar surface area (TPSA) is 49.4 Å². The van der Waals surface area contributed by atoms with Crippen LogP contribution in [0.4, 0.5) is 11.4 Å². The lowest BCUT2D eigenvalue weighted by molar-refractivity contribution is -0.119. The standard InChI is InChI=1S/C19H20N2O2/c1-14-5-7-15(8-6-14)19(23)20-16-9-11-17(12-10-16)21-13-3-2-4-18(21)22/h5-12H,2-4,13H2,1H3,(H,20,23). The minimum Gasteiger partial charge on any atom is -0.322 e. The van der Waals surface area contributed by atoms with Crippen molar-refractivity contribution in [3.05, 3.63) is 59.7 Å². The highest BCUT2D eigenvalue weighted by molar-refractivity contribution is 6.04. The van der Waals surface area contributed by atoms with E-state index in [1.165, 1.54) is 0 Å². The summed E-state index contributed by atoms with van der Waals surface area (Å²) in [4.78, 5) is 25.9. The lowest BCUT2D eigenvalue weighted by atomic mass is 10.1. The first-order chi connectivity index (χ1) is 11.1. The average Bonchev–Trinajstić information content (AvgIpc) is 2.57. The predicted octanol–water partition coefficient (Wildman–Crippen LogP) is 3.76. The summed E-state index contributed by atoms with van der Waals surface area (Å²) in [6, 6.07) is 14.9. The van der Waals surface area contributed by atoms with Crippen LogP contribution < -0.4 is 10.2 Å². The highest BCUT2D eigenvalue weighted by Crippen LogP contribution is 2.23. The van der Waals surface area contributed by atoms with Crippen molar-refractivity contribution in [3.8, 4) is 0 Å². The summed E-state index contributed by atoms with van der Waals surface area (Å²) < 4.78 is 0. The molecule has 1 aliphatic rings. The smallest absolute Gasteiger partial charge is 0.255 e. The Kier molecular flexibility index (Phi) is 4.42. The first-order valence-electron chi connectivity index (χ1n) is 7.92. The van der Waals surface area contributed by atoms with Crippen LogP contribution in [0.25, 0.3) is 0 Å². The quantitative estimate of drug-likeness (QED) is 0.938. The largest absolute Gasteiger partial charge is 0.322 e. The van der Waals surface area contributed by atoms with Crippen LogP contribution in [0, 0.1) is 6.92 Å². The molecule has 1 fully saturated rings. The number of aryl methyl sites for hydroxylation is 1. The van der Waals surface area contributed by atoms with Gasteiger partial charge in [-0.05, 0) is 56.2 Å². The van der Waals surface area contributed by atoms with Gasteiger partial charge in [0.1, 0.15) is 0 Å². The second kappa shape index (κ2) is 6.65. The molecular weight excluding hydrogens is 288 g/mol. The monoisotopic (exact) mass is 308 g/mol. The molecule has 0 atom stereocenters. The summed E-state index contributed by atoms with van der Waals surface area (Å²) in [6.45, 7) is 2.76. The van der Waals surface area contributed by atoms with E-state index < -0.39 is 0 Å². The molecular formula is C19H20N2O2. The molecule has 1 N–H and O–H groups in total. The normalized spacial score (nSPS) is 14.7. The van der Waals surface area contributed by atoms with Gasteiger partial charge in [0.05, 0.1) is 0 Å². The fourth-order valence-electron chi connectivity index (χ4n) is 2.71. The number of hydrogen-bond donors (Lipinski definition) is 1. The third-order valence-electron chi connectivity index (χ3n) is 4.07. The van der Waals surface area contributed by atoms with E-state index in [2.05, 4.69) is 5.32 Å². The Morgan fingerprint density at radius 1 is 1.00 bits per heavy atom. The Labute approximate surface area is 136 Å². The van der Waals surface area contributed by atoms with E-state index in [-0.39, 0.29) is 11.8 Å². The Hall–Kier alpha value is -2.62. The molecule has 0 spiro atoms. The fourth-order valence-corrected chi connectivity index (χ4v) is 2.71. The molecule has 118 valence electrons. The molecule has 0 aliphatic carbocycles. The SMILES string of the molecule is Cc1ccc(C(=O)Nc2ccc(N3CCCCC3=O)cc2)cc1. The maximum atomic E-state index is 12.2. The summed E-state index contributed by atoms with van der Waals surface area (Å²) in [5, 5.41) is 2.88. The van der Waals surface area contributed by atoms with Gasteiger partial charge >= 0.3 is 0 Å². The fraction of sp³-hybridized carbons (Fsp3) is 0.263. The third-order valence-corrected chi connectivity index (χ3v) is 4.07. The number of amides is 2. The molecule has 2 aromatic carbocycles. The van der Waals surface area contributed by atoms with Gasteiger partial charge < -0.3 is 10.2 Å². The zero-order valence-corrected chi connectivity index (χ0v) is 13.2. The summed E-state index contributed by atoms with van der Waals surface area (Å²) in [7, 11) is 0. The molecule has 1 aliphatic heterocycles. The number of carbonyl (C=O) groups is 2. The number of anilines is 2. The van der Waals surface area contributed by atoms with Crippen molar-refractivity contribution in [1.29, 1.82) is 0 Å². The van der Waals surface area contributed by atoms with Crippen LogP contribution in [-0.2, 0) is 4.79 Å². The molecule has 0 radical (unpaired) electrons. The van der Waals surface area contributed by atoms with Crippen molar-refractivity contribution in [1.82, 2.24) is 0 Å². The van der Waals surface area contributed by atoms with Gasteiger partial charge in [0, 0.05) is 29.9 Å². The lowest BCUT2D eigenvalue weighted by Gasteiger charge is -2.26. The summed E-state index contributed by atoms with van der Waals surface area (Å²) >= 11 is 0. The highest BCUT2D eigenvalue weighted by atomic mass is 16.2. The average molecular weight is 308 g/mol. The van der Waals surface area contributed by atoms with E-state index in [0.717, 1.165) is 36.3 Å². The van der Waals surface area contributed by atoms with E-state index in [1.807, 2.05) is 60.4 Å². The van der Waals surface area contributed by atoms with Gasteiger partial charge in [-0.25, -0.2) is 0 Å². The van der Waals surface area contributed by atoms with Gasteiger partial charge in [0.15, 0.2) is 0 Å². The van der Waals surface area contributed by atoms with E-state index in [0.29, 0.717) is 12.0 Å². The molecule has 23 heavy (non-hydrogen) atoms. The molecule has 0 unspecified atom stereocenters. The van der Waals surface area contributed by atoms with Crippen LogP contribution >= 0.6 is 0 Å². The maximum absolute atomic E-state index is 12.2. The number of nitrogens with zero attached hydrogens (tertiary/aromatic N) is 1. The summed E-state index contributed by atoms with van der Waals surface area (Å²) in [5.74, 6) is 0.0412. The number of rotatable bonds is 3. The van der Waals surface area contributed by atoms with E-state index in [4.69, 9.17) is 0 Å². The highest BCUT2D eigenvalue weighted by Gasteiger charge is 2.19. The zero-order valence-electron chi connectivity index (χ0n) is 13.2. The number of hydrogen-bond acceptors (Lipinski definition) is 2. The Morgan fingerprint density at radius 2 is 1.70 bits per heavy atom. The maximum Gasteiger partial charge on any atom is 0.255 e. The Bertz CT molecular complexity index is 705. The van der Waals surface area contributed by atoms with Gasteiger partial charge in [-0.15, -0.1) is 0 Å². The van der Waals surface area contributed by atoms with Crippen LogP contribution in [0.2, 0.25) is 0 Å². The Balaban J connectivity index is 1.68. The summed E-state index contributed by atoms with van der Waals surface area (Å²) in [5.41, 5.74) is 3.37. The summed E-state index contributed by atoms with van der Waals surface area (Å²) in [6.07, 6.45) is 2.63. The van der Waals surface area contributed by atoms with Crippen molar-refractivity contribution in [2.24, 2.45) is 0 Å². The van der Waals surface area contributed by atoms with Crippen molar-refractivity contribution in [3.63, 3.8) is 0 Å². The first kappa shape index (κ1) is 15.3. The first-order valence-corrected chi connectivity index (χ1v) is 7.92. The van der Waals surface area contributed by atoms with Crippen LogP contribution in [0.1, 0.15) is 35.2 Å². The van der Waals surface area contributed by atoms with Crippen LogP contribution in [0.5, 0.6) is 0 Å².